The molecule has 1 aliphatic rings. The van der Waals surface area contributed by atoms with Gasteiger partial charge in [0.15, 0.2) is 0 Å². The molecular weight excluding hydrogens is 160 g/mol. The van der Waals surface area contributed by atoms with Crippen LogP contribution in [-0.2, 0) is 4.43 Å². The molecule has 1 rings (SSSR count). The van der Waals surface area contributed by atoms with E-state index in [4.69, 9.17) is 4.43 Å². The number of rotatable bonds is 2. The quantitative estimate of drug-likeness (QED) is 0.595. The minimum absolute atomic E-state index is 1.17. The van der Waals surface area contributed by atoms with Crippen LogP contribution in [0.1, 0.15) is 6.42 Å². The molecule has 1 heterocycles. The summed E-state index contributed by atoms with van der Waals surface area (Å²) in [5.74, 6) is 1.21. The topological polar surface area (TPSA) is 9.23 Å². The molecule has 0 aromatic heterocycles. The molecule has 58 valence electrons. The molecule has 1 nitrogen and oxygen atoms in total. The third-order valence-electron chi connectivity index (χ3n) is 1.08. The first-order valence-corrected chi connectivity index (χ1v) is 7.99. The van der Waals surface area contributed by atoms with Gasteiger partial charge in [-0.3, -0.25) is 0 Å². The molecule has 0 amide bonds. The zero-order chi connectivity index (χ0) is 7.61. The second-order valence-electron chi connectivity index (χ2n) is 3.37. The van der Waals surface area contributed by atoms with Crippen molar-refractivity contribution in [3.05, 3.63) is 11.2 Å². The summed E-state index contributed by atoms with van der Waals surface area (Å²) in [5, 5.41) is 1.17. The van der Waals surface area contributed by atoms with E-state index in [1.54, 1.807) is 0 Å². The highest BCUT2D eigenvalue weighted by Crippen LogP contribution is 2.28. The lowest BCUT2D eigenvalue weighted by Gasteiger charge is -2.18. The minimum Gasteiger partial charge on any atom is -0.540 e. The van der Waals surface area contributed by atoms with E-state index in [-0.39, 0.29) is 0 Å². The molecule has 0 radical (unpaired) electrons. The Morgan fingerprint density at radius 3 is 2.60 bits per heavy atom. The highest BCUT2D eigenvalue weighted by atomic mass is 32.2. The zero-order valence-electron chi connectivity index (χ0n) is 6.81. The highest BCUT2D eigenvalue weighted by Gasteiger charge is 2.19. The van der Waals surface area contributed by atoms with Gasteiger partial charge < -0.3 is 4.43 Å². The Bertz CT molecular complexity index is 148. The molecular formula is C7H14OSSi. The summed E-state index contributed by atoms with van der Waals surface area (Å²) >= 11 is 1.84. The molecule has 10 heavy (non-hydrogen) atoms. The van der Waals surface area contributed by atoms with Crippen molar-refractivity contribution in [2.75, 3.05) is 5.75 Å². The van der Waals surface area contributed by atoms with E-state index in [1.165, 1.54) is 17.3 Å². The zero-order valence-corrected chi connectivity index (χ0v) is 8.62. The van der Waals surface area contributed by atoms with Crippen molar-refractivity contribution >= 4 is 20.1 Å². The van der Waals surface area contributed by atoms with Crippen molar-refractivity contribution in [3.63, 3.8) is 0 Å². The van der Waals surface area contributed by atoms with Crippen LogP contribution in [-0.4, -0.2) is 14.1 Å². The van der Waals surface area contributed by atoms with Crippen molar-refractivity contribution in [2.24, 2.45) is 0 Å². The normalized spacial score (nSPS) is 18.9. The number of allylic oxidation sites excluding steroid dienone is 1. The number of hydrogen-bond donors (Lipinski definition) is 0. The molecule has 0 saturated heterocycles. The van der Waals surface area contributed by atoms with Gasteiger partial charge in [0.2, 0.25) is 8.32 Å². The van der Waals surface area contributed by atoms with Crippen LogP contribution in [0, 0.1) is 0 Å². The van der Waals surface area contributed by atoms with Crippen LogP contribution in [0.5, 0.6) is 0 Å². The Kier molecular flexibility index (Phi) is 2.47. The largest absolute Gasteiger partial charge is 0.540 e. The average Bonchev–Trinajstić information content (AvgIpc) is 2.12. The van der Waals surface area contributed by atoms with E-state index in [2.05, 4.69) is 25.7 Å². The molecule has 1 aliphatic heterocycles. The van der Waals surface area contributed by atoms with Crippen LogP contribution in [0.2, 0.25) is 19.6 Å². The van der Waals surface area contributed by atoms with Gasteiger partial charge in [-0.15, -0.1) is 0 Å². The van der Waals surface area contributed by atoms with Crippen molar-refractivity contribution in [1.82, 2.24) is 0 Å². The fourth-order valence-corrected chi connectivity index (χ4v) is 3.11. The van der Waals surface area contributed by atoms with Crippen LogP contribution in [0.3, 0.4) is 0 Å². The third kappa shape index (κ3) is 2.79. The lowest BCUT2D eigenvalue weighted by Crippen LogP contribution is -2.23. The molecule has 0 aliphatic carbocycles. The first kappa shape index (κ1) is 8.21. The fourth-order valence-electron chi connectivity index (χ4n) is 0.768. The maximum Gasteiger partial charge on any atom is 0.242 e. The summed E-state index contributed by atoms with van der Waals surface area (Å²) in [7, 11) is -1.31. The molecule has 0 aromatic carbocycles. The molecule has 0 N–H and O–H groups in total. The van der Waals surface area contributed by atoms with Gasteiger partial charge in [-0.05, 0) is 32.1 Å². The van der Waals surface area contributed by atoms with E-state index >= 15 is 0 Å². The Labute approximate surface area is 68.0 Å². The van der Waals surface area contributed by atoms with Gasteiger partial charge in [-0.2, -0.15) is 0 Å². The Morgan fingerprint density at radius 1 is 1.50 bits per heavy atom. The minimum atomic E-state index is -1.31. The van der Waals surface area contributed by atoms with Gasteiger partial charge in [0.25, 0.3) is 0 Å². The molecule has 0 saturated carbocycles. The van der Waals surface area contributed by atoms with Crippen LogP contribution in [0.25, 0.3) is 0 Å². The molecule has 3 heteroatoms. The first-order chi connectivity index (χ1) is 4.58. The van der Waals surface area contributed by atoms with Gasteiger partial charge in [0.05, 0.1) is 0 Å². The number of thioether (sulfide) groups is 1. The predicted molar refractivity (Wildman–Crippen MR) is 49.6 cm³/mol. The van der Waals surface area contributed by atoms with E-state index < -0.39 is 8.32 Å². The van der Waals surface area contributed by atoms with Crippen molar-refractivity contribution in [1.29, 1.82) is 0 Å². The summed E-state index contributed by atoms with van der Waals surface area (Å²) in [6.07, 6.45) is 3.38. The maximum atomic E-state index is 5.76. The SMILES string of the molecule is C[Si](C)(C)OC1=CCCS1. The van der Waals surface area contributed by atoms with Gasteiger partial charge in [-0.25, -0.2) is 0 Å². The van der Waals surface area contributed by atoms with Gasteiger partial charge >= 0.3 is 0 Å². The maximum absolute atomic E-state index is 5.76. The van der Waals surface area contributed by atoms with Crippen LogP contribution in [0.4, 0.5) is 0 Å². The Balaban J connectivity index is 2.38. The Hall–Kier alpha value is 0.107. The highest BCUT2D eigenvalue weighted by molar-refractivity contribution is 8.03. The van der Waals surface area contributed by atoms with Crippen molar-refractivity contribution in [3.8, 4) is 0 Å². The second-order valence-corrected chi connectivity index (χ2v) is 8.90. The lowest BCUT2D eigenvalue weighted by molar-refractivity contribution is 0.464. The van der Waals surface area contributed by atoms with E-state index in [1.807, 2.05) is 11.8 Å². The summed E-state index contributed by atoms with van der Waals surface area (Å²) in [6.45, 7) is 6.64. The standard InChI is InChI=1S/C7H14OSSi/c1-10(2,3)8-7-5-4-6-9-7/h5H,4,6H2,1-3H3. The monoisotopic (exact) mass is 174 g/mol. The van der Waals surface area contributed by atoms with Crippen molar-refractivity contribution < 1.29 is 4.43 Å². The van der Waals surface area contributed by atoms with E-state index in [0.29, 0.717) is 0 Å². The summed E-state index contributed by atoms with van der Waals surface area (Å²) in [6, 6.07) is 0. The smallest absolute Gasteiger partial charge is 0.242 e. The molecule has 0 spiro atoms. The predicted octanol–water partition coefficient (Wildman–Crippen LogP) is 2.82. The molecule has 0 unspecified atom stereocenters. The summed E-state index contributed by atoms with van der Waals surface area (Å²) < 4.78 is 5.76. The third-order valence-corrected chi connectivity index (χ3v) is 3.03. The van der Waals surface area contributed by atoms with E-state index in [9.17, 15) is 0 Å². The summed E-state index contributed by atoms with van der Waals surface area (Å²) in [4.78, 5) is 0. The fraction of sp³-hybridized carbons (Fsp3) is 0.714. The van der Waals surface area contributed by atoms with Crippen LogP contribution >= 0.6 is 11.8 Å². The Morgan fingerprint density at radius 2 is 2.20 bits per heavy atom. The van der Waals surface area contributed by atoms with Crippen LogP contribution < -0.4 is 0 Å². The molecule has 0 bridgehead atoms. The van der Waals surface area contributed by atoms with Crippen molar-refractivity contribution in [2.45, 2.75) is 26.1 Å². The average molecular weight is 174 g/mol. The molecule has 0 aromatic rings. The van der Waals surface area contributed by atoms with Gasteiger partial charge in [0.1, 0.15) is 5.09 Å². The number of hydrogen-bond acceptors (Lipinski definition) is 2. The van der Waals surface area contributed by atoms with Crippen LogP contribution in [0.15, 0.2) is 11.2 Å². The van der Waals surface area contributed by atoms with E-state index in [0.717, 1.165) is 0 Å². The summed E-state index contributed by atoms with van der Waals surface area (Å²) in [5.41, 5.74) is 0. The lowest BCUT2D eigenvalue weighted by atomic mass is 10.5. The first-order valence-electron chi connectivity index (χ1n) is 3.60. The molecule has 0 fully saturated rings. The molecule has 0 atom stereocenters. The second kappa shape index (κ2) is 3.01. The van der Waals surface area contributed by atoms with Gasteiger partial charge in [-0.1, -0.05) is 11.8 Å². The van der Waals surface area contributed by atoms with Gasteiger partial charge in [0, 0.05) is 5.75 Å².